The summed E-state index contributed by atoms with van der Waals surface area (Å²) in [5.74, 6) is 1.16. The van der Waals surface area contributed by atoms with Crippen LogP contribution in [0.15, 0.2) is 11.8 Å². The van der Waals surface area contributed by atoms with Gasteiger partial charge in [-0.15, -0.1) is 0 Å². The zero-order valence-electron chi connectivity index (χ0n) is 22.2. The molecular weight excluding hydrogens is 428 g/mol. The van der Waals surface area contributed by atoms with Crippen molar-refractivity contribution in [3.05, 3.63) is 11.8 Å². The third-order valence-corrected chi connectivity index (χ3v) is 11.5. The molecule has 0 unspecified atom stereocenters. The summed E-state index contributed by atoms with van der Waals surface area (Å²) in [6.45, 7) is 15.5. The van der Waals surface area contributed by atoms with Gasteiger partial charge in [0.15, 0.2) is 0 Å². The molecule has 0 amide bonds. The number of fused-ring (bicyclic) bond motifs is 7. The van der Waals surface area contributed by atoms with Crippen molar-refractivity contribution < 1.29 is 23.8 Å². The van der Waals surface area contributed by atoms with E-state index in [1.165, 1.54) is 52.4 Å². The van der Waals surface area contributed by atoms with Crippen molar-refractivity contribution in [1.29, 1.82) is 0 Å². The summed E-state index contributed by atoms with van der Waals surface area (Å²) >= 11 is 0. The van der Waals surface area contributed by atoms with Gasteiger partial charge in [-0.3, -0.25) is 9.59 Å². The van der Waals surface area contributed by atoms with Crippen LogP contribution in [-0.2, 0) is 23.8 Å². The average Bonchev–Trinajstić information content (AvgIpc) is 3.12. The lowest BCUT2D eigenvalue weighted by Gasteiger charge is -2.70. The Morgan fingerprint density at radius 2 is 1.44 bits per heavy atom. The topological polar surface area (TPSA) is 61.8 Å². The number of carbonyl (C=O) groups excluding carboxylic acids is 2. The van der Waals surface area contributed by atoms with E-state index in [2.05, 4.69) is 34.6 Å². The Morgan fingerprint density at radius 1 is 0.824 bits per heavy atom. The van der Waals surface area contributed by atoms with Crippen molar-refractivity contribution in [1.82, 2.24) is 0 Å². The molecule has 1 heterocycles. The van der Waals surface area contributed by atoms with Gasteiger partial charge in [-0.1, -0.05) is 41.0 Å². The quantitative estimate of drug-likeness (QED) is 0.435. The van der Waals surface area contributed by atoms with Crippen LogP contribution in [0.3, 0.4) is 0 Å². The third kappa shape index (κ3) is 3.31. The Morgan fingerprint density at radius 3 is 2.12 bits per heavy atom. The third-order valence-electron chi connectivity index (χ3n) is 11.5. The second-order valence-electron chi connectivity index (χ2n) is 13.6. The fourth-order valence-corrected chi connectivity index (χ4v) is 10.4. The van der Waals surface area contributed by atoms with Gasteiger partial charge in [0.05, 0.1) is 12.2 Å². The minimum absolute atomic E-state index is 0.0578. The Hall–Kier alpha value is -1.52. The van der Waals surface area contributed by atoms with E-state index < -0.39 is 6.29 Å². The van der Waals surface area contributed by atoms with Crippen LogP contribution in [0.4, 0.5) is 0 Å². The number of rotatable bonds is 2. The van der Waals surface area contributed by atoms with Gasteiger partial charge in [0.2, 0.25) is 0 Å². The number of carbonyl (C=O) groups is 2. The normalized spacial score (nSPS) is 48.7. The standard InChI is InChI=1S/C29H44O5/c1-17(30)33-20-15-23-28(6)13-9-21-26(3,4)11-8-12-27(21,5)22(28)10-14-29(23,7)24-19(20)16-32-25(24)34-18(2)31/h16,20-25H,8-15H2,1-7H3/t20-,21-,22+,23-,24+,25-,27-,28+,29-/m0/s1. The lowest BCUT2D eigenvalue weighted by molar-refractivity contribution is -0.232. The molecule has 0 aromatic rings. The Bertz CT molecular complexity index is 906. The van der Waals surface area contributed by atoms with Crippen LogP contribution in [0.5, 0.6) is 0 Å². The molecule has 4 fully saturated rings. The zero-order valence-corrected chi connectivity index (χ0v) is 22.2. The first-order chi connectivity index (χ1) is 15.8. The molecule has 4 aliphatic carbocycles. The number of esters is 2. The van der Waals surface area contributed by atoms with E-state index in [4.69, 9.17) is 14.2 Å². The SMILES string of the molecule is CC(=O)O[C@@H]1OC=C2[C@@H](OC(C)=O)C[C@H]3[C@]4(C)CC[C@H]5C(C)(C)CCC[C@]5(C)[C@H]4CC[C@]3(C)[C@H]21. The molecule has 5 heteroatoms. The molecule has 34 heavy (non-hydrogen) atoms. The average molecular weight is 473 g/mol. The maximum Gasteiger partial charge on any atom is 0.305 e. The van der Waals surface area contributed by atoms with Crippen LogP contribution in [0, 0.1) is 45.3 Å². The van der Waals surface area contributed by atoms with Gasteiger partial charge in [0, 0.05) is 19.4 Å². The van der Waals surface area contributed by atoms with Crippen LogP contribution in [0.1, 0.15) is 99.8 Å². The van der Waals surface area contributed by atoms with Gasteiger partial charge in [-0.2, -0.15) is 0 Å². The molecule has 5 nitrogen and oxygen atoms in total. The summed E-state index contributed by atoms with van der Waals surface area (Å²) in [4.78, 5) is 24.0. The lowest BCUT2D eigenvalue weighted by Crippen LogP contribution is -2.64. The van der Waals surface area contributed by atoms with E-state index in [1.807, 2.05) is 0 Å². The molecule has 0 spiro atoms. The molecule has 5 rings (SSSR count). The molecule has 0 aromatic carbocycles. The van der Waals surface area contributed by atoms with Crippen LogP contribution >= 0.6 is 0 Å². The van der Waals surface area contributed by atoms with Crippen molar-refractivity contribution in [2.24, 2.45) is 45.3 Å². The van der Waals surface area contributed by atoms with Crippen molar-refractivity contribution in [2.75, 3.05) is 0 Å². The van der Waals surface area contributed by atoms with Crippen molar-refractivity contribution >= 4 is 11.9 Å². The number of hydrogen-bond donors (Lipinski definition) is 0. The zero-order chi connectivity index (χ0) is 24.7. The first kappa shape index (κ1) is 24.2. The monoisotopic (exact) mass is 472 g/mol. The first-order valence-electron chi connectivity index (χ1n) is 13.5. The molecule has 0 aromatic heterocycles. The summed E-state index contributed by atoms with van der Waals surface area (Å²) in [5, 5.41) is 0. The van der Waals surface area contributed by atoms with Crippen molar-refractivity contribution in [3.8, 4) is 0 Å². The van der Waals surface area contributed by atoms with Gasteiger partial charge in [0.25, 0.3) is 6.29 Å². The second kappa shape index (κ2) is 7.74. The van der Waals surface area contributed by atoms with Crippen LogP contribution < -0.4 is 0 Å². The van der Waals surface area contributed by atoms with Crippen LogP contribution in [0.2, 0.25) is 0 Å². The molecule has 4 saturated carbocycles. The van der Waals surface area contributed by atoms with E-state index in [-0.39, 0.29) is 34.8 Å². The van der Waals surface area contributed by atoms with Gasteiger partial charge in [0.1, 0.15) is 6.10 Å². The fraction of sp³-hybridized carbons (Fsp3) is 0.862. The van der Waals surface area contributed by atoms with E-state index in [0.717, 1.165) is 24.3 Å². The smallest absolute Gasteiger partial charge is 0.305 e. The Kier molecular flexibility index (Phi) is 5.50. The van der Waals surface area contributed by atoms with E-state index in [0.29, 0.717) is 22.7 Å². The fourth-order valence-electron chi connectivity index (χ4n) is 10.4. The molecule has 5 aliphatic rings. The highest BCUT2D eigenvalue weighted by atomic mass is 16.7. The van der Waals surface area contributed by atoms with E-state index >= 15 is 0 Å². The lowest BCUT2D eigenvalue weighted by atomic mass is 9.35. The summed E-state index contributed by atoms with van der Waals surface area (Å²) in [6.07, 6.45) is 10.4. The minimum atomic E-state index is -0.626. The summed E-state index contributed by atoms with van der Waals surface area (Å²) in [7, 11) is 0. The first-order valence-corrected chi connectivity index (χ1v) is 13.5. The molecule has 0 bridgehead atoms. The molecule has 0 N–H and O–H groups in total. The minimum Gasteiger partial charge on any atom is -0.462 e. The predicted octanol–water partition coefficient (Wildman–Crippen LogP) is 6.41. The van der Waals surface area contributed by atoms with Gasteiger partial charge >= 0.3 is 11.9 Å². The van der Waals surface area contributed by atoms with Crippen LogP contribution in [0.25, 0.3) is 0 Å². The molecule has 0 radical (unpaired) electrons. The maximum atomic E-state index is 12.1. The second-order valence-corrected chi connectivity index (χ2v) is 13.6. The van der Waals surface area contributed by atoms with E-state index in [1.54, 1.807) is 6.26 Å². The van der Waals surface area contributed by atoms with Crippen molar-refractivity contribution in [2.45, 2.75) is 112 Å². The summed E-state index contributed by atoms with van der Waals surface area (Å²) in [6, 6.07) is 0. The molecular formula is C29H44O5. The number of ether oxygens (including phenoxy) is 3. The van der Waals surface area contributed by atoms with Gasteiger partial charge < -0.3 is 14.2 Å². The van der Waals surface area contributed by atoms with Gasteiger partial charge in [-0.05, 0) is 84.4 Å². The Labute approximate surface area is 205 Å². The predicted molar refractivity (Wildman–Crippen MR) is 129 cm³/mol. The summed E-state index contributed by atoms with van der Waals surface area (Å²) in [5.41, 5.74) is 1.86. The highest BCUT2D eigenvalue weighted by Crippen LogP contribution is 2.74. The maximum absolute atomic E-state index is 12.1. The molecule has 9 atom stereocenters. The Balaban J connectivity index is 1.55. The summed E-state index contributed by atoms with van der Waals surface area (Å²) < 4.78 is 17.6. The van der Waals surface area contributed by atoms with Crippen LogP contribution in [-0.4, -0.2) is 24.3 Å². The highest BCUT2D eigenvalue weighted by Gasteiger charge is 2.69. The highest BCUT2D eigenvalue weighted by molar-refractivity contribution is 5.67. The molecule has 190 valence electrons. The largest absolute Gasteiger partial charge is 0.462 e. The molecule has 1 aliphatic heterocycles. The van der Waals surface area contributed by atoms with Gasteiger partial charge in [-0.25, -0.2) is 0 Å². The van der Waals surface area contributed by atoms with E-state index in [9.17, 15) is 9.59 Å². The van der Waals surface area contributed by atoms with Crippen molar-refractivity contribution in [3.63, 3.8) is 0 Å². The number of hydrogen-bond acceptors (Lipinski definition) is 5. The molecule has 0 saturated heterocycles.